The van der Waals surface area contributed by atoms with Gasteiger partial charge in [0, 0.05) is 11.8 Å². The maximum absolute atomic E-state index is 6.08. The average molecular weight is 239 g/mol. The first-order valence-corrected chi connectivity index (χ1v) is 6.43. The largest absolute Gasteiger partial charge is 0.486 e. The fourth-order valence-corrected chi connectivity index (χ4v) is 2.58. The van der Waals surface area contributed by atoms with Gasteiger partial charge in [-0.25, -0.2) is 0 Å². The Hall–Kier alpha value is -1.96. The molecule has 1 unspecified atom stereocenters. The maximum atomic E-state index is 6.08. The molecule has 1 aliphatic rings. The van der Waals surface area contributed by atoms with Crippen LogP contribution in [0.25, 0.3) is 0 Å². The summed E-state index contributed by atoms with van der Waals surface area (Å²) < 4.78 is 6.08. The van der Waals surface area contributed by atoms with Crippen LogP contribution in [0.4, 0.5) is 5.69 Å². The van der Waals surface area contributed by atoms with Gasteiger partial charge in [0.15, 0.2) is 0 Å². The van der Waals surface area contributed by atoms with E-state index in [0.29, 0.717) is 0 Å². The molecule has 1 aliphatic carbocycles. The number of nitrogen functional groups attached to an aromatic ring is 1. The first-order valence-electron chi connectivity index (χ1n) is 6.43. The standard InChI is InChI=1S/C16H17NO/c17-13-7-4-8-14(11-13)18-16-10-3-6-12-5-1-2-9-15(12)16/h1-2,4-5,7-9,11,16H,3,6,10,17H2. The van der Waals surface area contributed by atoms with Gasteiger partial charge in [0.1, 0.15) is 11.9 Å². The van der Waals surface area contributed by atoms with Crippen molar-refractivity contribution in [3.8, 4) is 5.75 Å². The molecule has 0 aliphatic heterocycles. The fraction of sp³-hybridized carbons (Fsp3) is 0.250. The third kappa shape index (κ3) is 2.19. The molecule has 0 heterocycles. The van der Waals surface area contributed by atoms with E-state index in [9.17, 15) is 0 Å². The predicted octanol–water partition coefficient (Wildman–Crippen LogP) is 3.73. The highest BCUT2D eigenvalue weighted by molar-refractivity contribution is 5.44. The van der Waals surface area contributed by atoms with Crippen molar-refractivity contribution in [2.24, 2.45) is 0 Å². The molecule has 0 fully saturated rings. The van der Waals surface area contributed by atoms with Gasteiger partial charge in [-0.15, -0.1) is 0 Å². The van der Waals surface area contributed by atoms with Gasteiger partial charge in [-0.05, 0) is 42.5 Å². The number of benzene rings is 2. The van der Waals surface area contributed by atoms with Gasteiger partial charge in [-0.3, -0.25) is 0 Å². The van der Waals surface area contributed by atoms with E-state index in [0.717, 1.165) is 24.3 Å². The lowest BCUT2D eigenvalue weighted by atomic mass is 9.89. The smallest absolute Gasteiger partial charge is 0.124 e. The lowest BCUT2D eigenvalue weighted by Gasteiger charge is -2.26. The highest BCUT2D eigenvalue weighted by atomic mass is 16.5. The lowest BCUT2D eigenvalue weighted by Crippen LogP contribution is -2.15. The van der Waals surface area contributed by atoms with Crippen molar-refractivity contribution in [2.75, 3.05) is 5.73 Å². The minimum atomic E-state index is 0.164. The minimum Gasteiger partial charge on any atom is -0.486 e. The Bertz CT molecular complexity index is 550. The Balaban J connectivity index is 1.86. The zero-order chi connectivity index (χ0) is 12.4. The highest BCUT2D eigenvalue weighted by Gasteiger charge is 2.21. The van der Waals surface area contributed by atoms with Gasteiger partial charge < -0.3 is 10.5 Å². The molecule has 0 bridgehead atoms. The predicted molar refractivity (Wildman–Crippen MR) is 73.6 cm³/mol. The van der Waals surface area contributed by atoms with Gasteiger partial charge in [0.05, 0.1) is 0 Å². The third-order valence-electron chi connectivity index (χ3n) is 3.45. The van der Waals surface area contributed by atoms with E-state index in [1.807, 2.05) is 24.3 Å². The molecule has 1 atom stereocenters. The summed E-state index contributed by atoms with van der Waals surface area (Å²) in [5, 5.41) is 0. The number of anilines is 1. The molecule has 2 nitrogen and oxygen atoms in total. The summed E-state index contributed by atoms with van der Waals surface area (Å²) in [6.07, 6.45) is 3.58. The monoisotopic (exact) mass is 239 g/mol. The van der Waals surface area contributed by atoms with Crippen LogP contribution in [0.2, 0.25) is 0 Å². The highest BCUT2D eigenvalue weighted by Crippen LogP contribution is 2.33. The normalized spacial score (nSPS) is 18.1. The molecule has 0 amide bonds. The van der Waals surface area contributed by atoms with Crippen molar-refractivity contribution < 1.29 is 4.74 Å². The van der Waals surface area contributed by atoms with Crippen LogP contribution in [-0.2, 0) is 6.42 Å². The fourth-order valence-electron chi connectivity index (χ4n) is 2.58. The molecule has 0 saturated carbocycles. The molecule has 3 rings (SSSR count). The third-order valence-corrected chi connectivity index (χ3v) is 3.45. The SMILES string of the molecule is Nc1cccc(OC2CCCc3ccccc32)c1. The molecule has 92 valence electrons. The number of ether oxygens (including phenoxy) is 1. The first kappa shape index (κ1) is 11.1. The van der Waals surface area contributed by atoms with E-state index in [2.05, 4.69) is 24.3 Å². The van der Waals surface area contributed by atoms with Crippen LogP contribution in [-0.4, -0.2) is 0 Å². The lowest BCUT2D eigenvalue weighted by molar-refractivity contribution is 0.183. The van der Waals surface area contributed by atoms with E-state index in [1.54, 1.807) is 0 Å². The van der Waals surface area contributed by atoms with Gasteiger partial charge >= 0.3 is 0 Å². The Morgan fingerprint density at radius 3 is 2.83 bits per heavy atom. The minimum absolute atomic E-state index is 0.164. The molecule has 0 aromatic heterocycles. The summed E-state index contributed by atoms with van der Waals surface area (Å²) in [4.78, 5) is 0. The van der Waals surface area contributed by atoms with Crippen LogP contribution in [0.3, 0.4) is 0 Å². The van der Waals surface area contributed by atoms with Crippen molar-refractivity contribution in [3.05, 3.63) is 59.7 Å². The molecule has 0 radical (unpaired) electrons. The van der Waals surface area contributed by atoms with E-state index < -0.39 is 0 Å². The van der Waals surface area contributed by atoms with E-state index in [1.165, 1.54) is 17.5 Å². The number of fused-ring (bicyclic) bond motifs is 1. The summed E-state index contributed by atoms with van der Waals surface area (Å²) in [5.41, 5.74) is 9.26. The zero-order valence-electron chi connectivity index (χ0n) is 10.3. The molecule has 0 spiro atoms. The Morgan fingerprint density at radius 2 is 1.94 bits per heavy atom. The van der Waals surface area contributed by atoms with Crippen molar-refractivity contribution in [2.45, 2.75) is 25.4 Å². The van der Waals surface area contributed by atoms with Gasteiger partial charge in [0.2, 0.25) is 0 Å². The Labute approximate surface area is 107 Å². The summed E-state index contributed by atoms with van der Waals surface area (Å²) in [6.45, 7) is 0. The van der Waals surface area contributed by atoms with Crippen LogP contribution < -0.4 is 10.5 Å². The topological polar surface area (TPSA) is 35.2 Å². The zero-order valence-corrected chi connectivity index (χ0v) is 10.3. The van der Waals surface area contributed by atoms with Crippen molar-refractivity contribution in [1.82, 2.24) is 0 Å². The summed E-state index contributed by atoms with van der Waals surface area (Å²) in [7, 11) is 0. The van der Waals surface area contributed by atoms with Crippen LogP contribution in [0, 0.1) is 0 Å². The van der Waals surface area contributed by atoms with Crippen LogP contribution in [0.1, 0.15) is 30.1 Å². The quantitative estimate of drug-likeness (QED) is 0.810. The van der Waals surface area contributed by atoms with E-state index in [4.69, 9.17) is 10.5 Å². The second-order valence-corrected chi connectivity index (χ2v) is 4.77. The Morgan fingerprint density at radius 1 is 1.06 bits per heavy atom. The molecular weight excluding hydrogens is 222 g/mol. The average Bonchev–Trinajstić information content (AvgIpc) is 2.39. The molecule has 18 heavy (non-hydrogen) atoms. The molecule has 2 aromatic carbocycles. The van der Waals surface area contributed by atoms with Crippen LogP contribution in [0.5, 0.6) is 5.75 Å². The number of hydrogen-bond acceptors (Lipinski definition) is 2. The second kappa shape index (κ2) is 4.73. The second-order valence-electron chi connectivity index (χ2n) is 4.77. The van der Waals surface area contributed by atoms with E-state index >= 15 is 0 Å². The first-order chi connectivity index (χ1) is 8.83. The van der Waals surface area contributed by atoms with E-state index in [-0.39, 0.29) is 6.10 Å². The molecule has 2 aromatic rings. The van der Waals surface area contributed by atoms with Gasteiger partial charge in [-0.2, -0.15) is 0 Å². The summed E-state index contributed by atoms with van der Waals surface area (Å²) >= 11 is 0. The molecule has 0 saturated heterocycles. The van der Waals surface area contributed by atoms with Crippen molar-refractivity contribution >= 4 is 5.69 Å². The van der Waals surface area contributed by atoms with Crippen molar-refractivity contribution in [1.29, 1.82) is 0 Å². The molecular formula is C16H17NO. The number of rotatable bonds is 2. The van der Waals surface area contributed by atoms with Gasteiger partial charge in [-0.1, -0.05) is 30.3 Å². The van der Waals surface area contributed by atoms with Crippen LogP contribution >= 0.6 is 0 Å². The summed E-state index contributed by atoms with van der Waals surface area (Å²) in [6, 6.07) is 16.2. The Kier molecular flexibility index (Phi) is 2.93. The number of hydrogen-bond donors (Lipinski definition) is 1. The summed E-state index contributed by atoms with van der Waals surface area (Å²) in [5.74, 6) is 0.858. The maximum Gasteiger partial charge on any atom is 0.124 e. The molecule has 2 heteroatoms. The number of aryl methyl sites for hydroxylation is 1. The van der Waals surface area contributed by atoms with Crippen molar-refractivity contribution in [3.63, 3.8) is 0 Å². The molecule has 2 N–H and O–H groups in total. The van der Waals surface area contributed by atoms with Gasteiger partial charge in [0.25, 0.3) is 0 Å². The van der Waals surface area contributed by atoms with Crippen LogP contribution in [0.15, 0.2) is 48.5 Å². The number of nitrogens with two attached hydrogens (primary N) is 1.